The zero-order valence-electron chi connectivity index (χ0n) is 12.9. The van der Waals surface area contributed by atoms with Gasteiger partial charge < -0.3 is 10.6 Å². The third-order valence-corrected chi connectivity index (χ3v) is 3.04. The predicted octanol–water partition coefficient (Wildman–Crippen LogP) is 1.12. The zero-order valence-corrected chi connectivity index (χ0v) is 12.9. The molecule has 2 N–H and O–H groups in total. The van der Waals surface area contributed by atoms with Crippen LogP contribution in [0.4, 0.5) is 5.82 Å². The molecule has 3 rings (SSSR count). The van der Waals surface area contributed by atoms with Crippen LogP contribution in [0.5, 0.6) is 0 Å². The van der Waals surface area contributed by atoms with Gasteiger partial charge >= 0.3 is 0 Å². The Labute approximate surface area is 133 Å². The van der Waals surface area contributed by atoms with Gasteiger partial charge in [-0.1, -0.05) is 6.07 Å². The molecule has 0 aliphatic rings. The molecule has 118 valence electrons. The van der Waals surface area contributed by atoms with E-state index in [9.17, 15) is 4.79 Å². The van der Waals surface area contributed by atoms with Crippen molar-refractivity contribution in [1.29, 1.82) is 0 Å². The molecule has 0 radical (unpaired) electrons. The highest BCUT2D eigenvalue weighted by Crippen LogP contribution is 2.15. The summed E-state index contributed by atoms with van der Waals surface area (Å²) in [4.78, 5) is 15.9. The van der Waals surface area contributed by atoms with Crippen molar-refractivity contribution in [2.24, 2.45) is 0 Å². The van der Waals surface area contributed by atoms with Crippen LogP contribution in [0.2, 0.25) is 0 Å². The summed E-state index contributed by atoms with van der Waals surface area (Å²) in [6.07, 6.45) is 1.69. The van der Waals surface area contributed by atoms with Crippen molar-refractivity contribution in [2.45, 2.75) is 19.9 Å². The van der Waals surface area contributed by atoms with Crippen molar-refractivity contribution in [2.75, 3.05) is 11.9 Å². The number of amides is 1. The summed E-state index contributed by atoms with van der Waals surface area (Å²) in [5.74, 6) is 1.03. The average molecular weight is 311 g/mol. The number of pyridine rings is 1. The molecule has 0 aliphatic carbocycles. The second kappa shape index (κ2) is 6.39. The number of aromatic nitrogens is 5. The third kappa shape index (κ3) is 3.42. The lowest BCUT2D eigenvalue weighted by molar-refractivity contribution is -0.119. The summed E-state index contributed by atoms with van der Waals surface area (Å²) in [6.45, 7) is 3.98. The van der Waals surface area contributed by atoms with Gasteiger partial charge in [0.25, 0.3) is 0 Å². The van der Waals surface area contributed by atoms with E-state index >= 15 is 0 Å². The summed E-state index contributed by atoms with van der Waals surface area (Å²) in [5.41, 5.74) is 1.30. The quantitative estimate of drug-likeness (QED) is 0.733. The smallest absolute Gasteiger partial charge is 0.239 e. The number of fused-ring (bicyclic) bond motifs is 1. The lowest BCUT2D eigenvalue weighted by Crippen LogP contribution is -2.35. The number of hydrogen-bond donors (Lipinski definition) is 2. The maximum absolute atomic E-state index is 11.7. The maximum Gasteiger partial charge on any atom is 0.239 e. The van der Waals surface area contributed by atoms with Crippen molar-refractivity contribution < 1.29 is 4.79 Å². The van der Waals surface area contributed by atoms with Crippen molar-refractivity contribution >= 4 is 17.4 Å². The minimum Gasteiger partial charge on any atom is -0.360 e. The fourth-order valence-electron chi connectivity index (χ4n) is 2.08. The highest BCUT2D eigenvalue weighted by atomic mass is 16.1. The van der Waals surface area contributed by atoms with Gasteiger partial charge in [-0.3, -0.25) is 9.78 Å². The third-order valence-electron chi connectivity index (χ3n) is 3.04. The molecule has 0 spiro atoms. The van der Waals surface area contributed by atoms with Crippen LogP contribution in [0.15, 0.2) is 36.5 Å². The van der Waals surface area contributed by atoms with E-state index in [1.807, 2.05) is 32.0 Å². The van der Waals surface area contributed by atoms with Gasteiger partial charge in [-0.05, 0) is 38.1 Å². The highest BCUT2D eigenvalue weighted by Gasteiger charge is 2.11. The maximum atomic E-state index is 11.7. The van der Waals surface area contributed by atoms with Crippen LogP contribution in [-0.4, -0.2) is 43.3 Å². The first-order chi connectivity index (χ1) is 11.1. The number of carbonyl (C=O) groups is 1. The van der Waals surface area contributed by atoms with Crippen molar-refractivity contribution in [3.8, 4) is 11.5 Å². The van der Waals surface area contributed by atoms with Crippen molar-refractivity contribution in [3.63, 3.8) is 0 Å². The molecule has 0 bridgehead atoms. The van der Waals surface area contributed by atoms with E-state index in [0.717, 1.165) is 0 Å². The monoisotopic (exact) mass is 311 g/mol. The number of nitrogens with zero attached hydrogens (tertiary/aromatic N) is 5. The zero-order chi connectivity index (χ0) is 16.2. The van der Waals surface area contributed by atoms with Crippen LogP contribution in [0.3, 0.4) is 0 Å². The van der Waals surface area contributed by atoms with Crippen LogP contribution < -0.4 is 10.6 Å². The molecule has 0 saturated heterocycles. The van der Waals surface area contributed by atoms with Crippen LogP contribution in [0.25, 0.3) is 17.2 Å². The van der Waals surface area contributed by atoms with E-state index < -0.39 is 0 Å². The van der Waals surface area contributed by atoms with E-state index in [2.05, 4.69) is 30.9 Å². The molecule has 0 fully saturated rings. The summed E-state index contributed by atoms with van der Waals surface area (Å²) in [6, 6.07) is 9.20. The Kier molecular flexibility index (Phi) is 4.13. The summed E-state index contributed by atoms with van der Waals surface area (Å²) in [5, 5.41) is 18.4. The van der Waals surface area contributed by atoms with Crippen LogP contribution >= 0.6 is 0 Å². The first kappa shape index (κ1) is 14.9. The molecule has 0 aromatic carbocycles. The number of carbonyl (C=O) groups excluding carboxylic acids is 1. The van der Waals surface area contributed by atoms with E-state index in [1.54, 1.807) is 22.8 Å². The predicted molar refractivity (Wildman–Crippen MR) is 85.8 cm³/mol. The topological polar surface area (TPSA) is 97.1 Å². The molecule has 0 unspecified atom stereocenters. The van der Waals surface area contributed by atoms with Gasteiger partial charge in [0.15, 0.2) is 5.65 Å². The fourth-order valence-corrected chi connectivity index (χ4v) is 2.08. The Morgan fingerprint density at radius 2 is 2.09 bits per heavy atom. The normalized spacial score (nSPS) is 10.9. The van der Waals surface area contributed by atoms with Gasteiger partial charge in [-0.2, -0.15) is 4.52 Å². The first-order valence-corrected chi connectivity index (χ1v) is 7.30. The Balaban J connectivity index is 1.82. The van der Waals surface area contributed by atoms with Crippen LogP contribution in [0, 0.1) is 0 Å². The molecule has 0 saturated carbocycles. The van der Waals surface area contributed by atoms with Gasteiger partial charge in [-0.15, -0.1) is 15.3 Å². The van der Waals surface area contributed by atoms with Gasteiger partial charge in [0.05, 0.1) is 6.54 Å². The second-order valence-corrected chi connectivity index (χ2v) is 5.30. The van der Waals surface area contributed by atoms with Gasteiger partial charge in [-0.25, -0.2) is 0 Å². The molecule has 3 heterocycles. The Hall–Kier alpha value is -3.03. The standard InChI is InChI=1S/C15H17N7O/c1-10(2)18-14(23)9-17-12-6-7-13-19-20-15(22(13)21-12)11-5-3-4-8-16-11/h3-8,10H,9H2,1-2H3,(H,17,21)(H,18,23). The van der Waals surface area contributed by atoms with Crippen LogP contribution in [0.1, 0.15) is 13.8 Å². The van der Waals surface area contributed by atoms with Gasteiger partial charge in [0.2, 0.25) is 11.7 Å². The molecule has 8 heteroatoms. The number of hydrogen-bond acceptors (Lipinski definition) is 6. The summed E-state index contributed by atoms with van der Waals surface area (Å²) in [7, 11) is 0. The van der Waals surface area contributed by atoms with Gasteiger partial charge in [0.1, 0.15) is 11.5 Å². The summed E-state index contributed by atoms with van der Waals surface area (Å²) >= 11 is 0. The number of nitrogens with one attached hydrogen (secondary N) is 2. The molecule has 0 atom stereocenters. The average Bonchev–Trinajstić information content (AvgIpc) is 2.96. The lowest BCUT2D eigenvalue weighted by atomic mass is 10.3. The van der Waals surface area contributed by atoms with Crippen molar-refractivity contribution in [1.82, 2.24) is 30.1 Å². The molecular weight excluding hydrogens is 294 g/mol. The molecule has 3 aromatic rings. The Morgan fingerprint density at radius 1 is 1.22 bits per heavy atom. The Bertz CT molecular complexity index is 813. The van der Waals surface area contributed by atoms with Crippen LogP contribution in [-0.2, 0) is 4.79 Å². The minimum atomic E-state index is -0.0874. The highest BCUT2D eigenvalue weighted by molar-refractivity contribution is 5.80. The fraction of sp³-hybridized carbons (Fsp3) is 0.267. The second-order valence-electron chi connectivity index (χ2n) is 5.30. The minimum absolute atomic E-state index is 0.0874. The SMILES string of the molecule is CC(C)NC(=O)CNc1ccc2nnc(-c3ccccn3)n2n1. The number of rotatable bonds is 5. The lowest BCUT2D eigenvalue weighted by Gasteiger charge is -2.09. The molecule has 1 amide bonds. The molecule has 23 heavy (non-hydrogen) atoms. The first-order valence-electron chi connectivity index (χ1n) is 7.30. The largest absolute Gasteiger partial charge is 0.360 e. The molecule has 3 aromatic heterocycles. The van der Waals surface area contributed by atoms with E-state index in [0.29, 0.717) is 23.0 Å². The van der Waals surface area contributed by atoms with E-state index in [4.69, 9.17) is 0 Å². The molecular formula is C15H17N7O. The molecule has 0 aliphatic heterocycles. The van der Waals surface area contributed by atoms with Gasteiger partial charge in [0, 0.05) is 12.2 Å². The summed E-state index contributed by atoms with van der Waals surface area (Å²) < 4.78 is 1.60. The van der Waals surface area contributed by atoms with Crippen molar-refractivity contribution in [3.05, 3.63) is 36.5 Å². The van der Waals surface area contributed by atoms with E-state index in [1.165, 1.54) is 0 Å². The Morgan fingerprint density at radius 3 is 2.83 bits per heavy atom. The number of anilines is 1. The molecule has 8 nitrogen and oxygen atoms in total. The van der Waals surface area contributed by atoms with E-state index in [-0.39, 0.29) is 18.5 Å².